The van der Waals surface area contributed by atoms with Crippen molar-refractivity contribution in [1.82, 2.24) is 10.2 Å². The predicted octanol–water partition coefficient (Wildman–Crippen LogP) is 1.16. The fourth-order valence-electron chi connectivity index (χ4n) is 1.72. The molecule has 0 saturated heterocycles. The molecule has 1 heterocycles. The standard InChI is InChI=1S/C11H11ClN2O2/c1-13-5-6-14-10(15)7-3-2-4-8(12)9(7)11(14)16/h2-4,13H,5-6H2,1H3. The van der Waals surface area contributed by atoms with Gasteiger partial charge in [-0.3, -0.25) is 14.5 Å². The normalized spacial score (nSPS) is 14.5. The van der Waals surface area contributed by atoms with Gasteiger partial charge in [0.05, 0.1) is 16.1 Å². The number of benzene rings is 1. The lowest BCUT2D eigenvalue weighted by molar-refractivity contribution is 0.0656. The molecule has 5 heteroatoms. The van der Waals surface area contributed by atoms with Crippen molar-refractivity contribution < 1.29 is 9.59 Å². The summed E-state index contributed by atoms with van der Waals surface area (Å²) in [7, 11) is 1.77. The maximum atomic E-state index is 11.9. The van der Waals surface area contributed by atoms with Crippen LogP contribution in [0, 0.1) is 0 Å². The molecular weight excluding hydrogens is 228 g/mol. The Hall–Kier alpha value is -1.39. The van der Waals surface area contributed by atoms with Gasteiger partial charge in [0.15, 0.2) is 0 Å². The molecule has 1 N–H and O–H groups in total. The molecule has 0 fully saturated rings. The third kappa shape index (κ3) is 1.60. The first-order valence-electron chi connectivity index (χ1n) is 4.96. The molecule has 0 radical (unpaired) electrons. The number of amides is 2. The SMILES string of the molecule is CNCCN1C(=O)c2cccc(Cl)c2C1=O. The third-order valence-corrected chi connectivity index (χ3v) is 2.85. The molecule has 2 rings (SSSR count). The molecular formula is C11H11ClN2O2. The van der Waals surface area contributed by atoms with E-state index in [0.29, 0.717) is 29.2 Å². The Labute approximate surface area is 98.2 Å². The van der Waals surface area contributed by atoms with Crippen LogP contribution in [0.1, 0.15) is 20.7 Å². The molecule has 84 valence electrons. The van der Waals surface area contributed by atoms with E-state index in [1.807, 2.05) is 0 Å². The fraction of sp³-hybridized carbons (Fsp3) is 0.273. The molecule has 0 aromatic heterocycles. The first-order valence-corrected chi connectivity index (χ1v) is 5.34. The lowest BCUT2D eigenvalue weighted by atomic mass is 10.1. The summed E-state index contributed by atoms with van der Waals surface area (Å²) in [6, 6.07) is 4.92. The Bertz CT molecular complexity index is 459. The van der Waals surface area contributed by atoms with E-state index in [1.165, 1.54) is 4.90 Å². The quantitative estimate of drug-likeness (QED) is 0.804. The summed E-state index contributed by atoms with van der Waals surface area (Å²) in [6.45, 7) is 0.933. The van der Waals surface area contributed by atoms with Crippen LogP contribution in [0.3, 0.4) is 0 Å². The van der Waals surface area contributed by atoms with Gasteiger partial charge in [0.1, 0.15) is 0 Å². The number of imide groups is 1. The Balaban J connectivity index is 2.37. The van der Waals surface area contributed by atoms with E-state index in [9.17, 15) is 9.59 Å². The number of carbonyl (C=O) groups is 2. The number of carbonyl (C=O) groups excluding carboxylic acids is 2. The zero-order valence-electron chi connectivity index (χ0n) is 8.79. The summed E-state index contributed by atoms with van der Waals surface area (Å²) in [5.74, 6) is -0.571. The van der Waals surface area contributed by atoms with Gasteiger partial charge in [0.25, 0.3) is 11.8 Å². The van der Waals surface area contributed by atoms with Crippen molar-refractivity contribution in [3.63, 3.8) is 0 Å². The van der Waals surface area contributed by atoms with E-state index in [2.05, 4.69) is 5.32 Å². The molecule has 0 aliphatic carbocycles. The van der Waals surface area contributed by atoms with Crippen molar-refractivity contribution in [2.75, 3.05) is 20.1 Å². The molecule has 4 nitrogen and oxygen atoms in total. The monoisotopic (exact) mass is 238 g/mol. The van der Waals surface area contributed by atoms with Crippen molar-refractivity contribution in [3.8, 4) is 0 Å². The van der Waals surface area contributed by atoms with E-state index in [-0.39, 0.29) is 11.8 Å². The van der Waals surface area contributed by atoms with Crippen LogP contribution in [0.5, 0.6) is 0 Å². The topological polar surface area (TPSA) is 49.4 Å². The maximum Gasteiger partial charge on any atom is 0.263 e. The van der Waals surface area contributed by atoms with Crippen LogP contribution in [0.4, 0.5) is 0 Å². The second kappa shape index (κ2) is 4.23. The van der Waals surface area contributed by atoms with Crippen LogP contribution in [0.15, 0.2) is 18.2 Å². The fourth-order valence-corrected chi connectivity index (χ4v) is 1.97. The average Bonchev–Trinajstić information content (AvgIpc) is 2.51. The molecule has 16 heavy (non-hydrogen) atoms. The molecule has 0 bridgehead atoms. The molecule has 0 saturated carbocycles. The molecule has 2 amide bonds. The highest BCUT2D eigenvalue weighted by Gasteiger charge is 2.36. The molecule has 0 spiro atoms. The number of fused-ring (bicyclic) bond motifs is 1. The summed E-state index contributed by atoms with van der Waals surface area (Å²) in [4.78, 5) is 25.0. The van der Waals surface area contributed by atoms with Gasteiger partial charge in [0.2, 0.25) is 0 Å². The van der Waals surface area contributed by atoms with Crippen LogP contribution < -0.4 is 5.32 Å². The highest BCUT2D eigenvalue weighted by atomic mass is 35.5. The lowest BCUT2D eigenvalue weighted by Gasteiger charge is -2.12. The number of hydrogen-bond donors (Lipinski definition) is 1. The van der Waals surface area contributed by atoms with Gasteiger partial charge in [0, 0.05) is 13.1 Å². The van der Waals surface area contributed by atoms with E-state index >= 15 is 0 Å². The first-order chi connectivity index (χ1) is 7.66. The van der Waals surface area contributed by atoms with Crippen LogP contribution in [-0.4, -0.2) is 36.9 Å². The van der Waals surface area contributed by atoms with E-state index < -0.39 is 0 Å². The molecule has 0 atom stereocenters. The Morgan fingerprint density at radius 1 is 1.31 bits per heavy atom. The van der Waals surface area contributed by atoms with Crippen LogP contribution in [-0.2, 0) is 0 Å². The Morgan fingerprint density at radius 2 is 2.06 bits per heavy atom. The minimum Gasteiger partial charge on any atom is -0.318 e. The predicted molar refractivity (Wildman–Crippen MR) is 60.7 cm³/mol. The Morgan fingerprint density at radius 3 is 2.69 bits per heavy atom. The van der Waals surface area contributed by atoms with Gasteiger partial charge >= 0.3 is 0 Å². The second-order valence-electron chi connectivity index (χ2n) is 3.53. The molecule has 1 aromatic carbocycles. The minimum atomic E-state index is -0.305. The van der Waals surface area contributed by atoms with Crippen molar-refractivity contribution in [2.24, 2.45) is 0 Å². The molecule has 0 unspecified atom stereocenters. The van der Waals surface area contributed by atoms with Crippen LogP contribution in [0.2, 0.25) is 5.02 Å². The highest BCUT2D eigenvalue weighted by Crippen LogP contribution is 2.28. The zero-order chi connectivity index (χ0) is 11.7. The summed E-state index contributed by atoms with van der Waals surface area (Å²) in [5.41, 5.74) is 0.721. The third-order valence-electron chi connectivity index (χ3n) is 2.53. The summed E-state index contributed by atoms with van der Waals surface area (Å²) in [6.07, 6.45) is 0. The molecule has 1 aliphatic heterocycles. The van der Waals surface area contributed by atoms with Crippen molar-refractivity contribution in [3.05, 3.63) is 34.3 Å². The van der Waals surface area contributed by atoms with Gasteiger partial charge in [-0.1, -0.05) is 17.7 Å². The van der Waals surface area contributed by atoms with Gasteiger partial charge < -0.3 is 5.32 Å². The second-order valence-corrected chi connectivity index (χ2v) is 3.94. The minimum absolute atomic E-state index is 0.266. The van der Waals surface area contributed by atoms with Gasteiger partial charge in [-0.15, -0.1) is 0 Å². The molecule has 1 aliphatic rings. The number of nitrogens with zero attached hydrogens (tertiary/aromatic N) is 1. The highest BCUT2D eigenvalue weighted by molar-refractivity contribution is 6.37. The Kier molecular flexibility index (Phi) is 2.94. The number of likely N-dealkylation sites (N-methyl/N-ethyl adjacent to an activating group) is 1. The summed E-state index contributed by atoms with van der Waals surface area (Å²) < 4.78 is 0. The van der Waals surface area contributed by atoms with E-state index in [1.54, 1.807) is 25.2 Å². The largest absolute Gasteiger partial charge is 0.318 e. The van der Waals surface area contributed by atoms with E-state index in [4.69, 9.17) is 11.6 Å². The van der Waals surface area contributed by atoms with E-state index in [0.717, 1.165) is 0 Å². The summed E-state index contributed by atoms with van der Waals surface area (Å²) in [5, 5.41) is 3.23. The number of nitrogens with one attached hydrogen (secondary N) is 1. The number of halogens is 1. The zero-order valence-corrected chi connectivity index (χ0v) is 9.54. The number of hydrogen-bond acceptors (Lipinski definition) is 3. The van der Waals surface area contributed by atoms with Crippen molar-refractivity contribution >= 4 is 23.4 Å². The van der Waals surface area contributed by atoms with Gasteiger partial charge in [-0.25, -0.2) is 0 Å². The summed E-state index contributed by atoms with van der Waals surface area (Å²) >= 11 is 5.91. The van der Waals surface area contributed by atoms with Gasteiger partial charge in [-0.05, 0) is 19.2 Å². The smallest absolute Gasteiger partial charge is 0.263 e. The van der Waals surface area contributed by atoms with Crippen molar-refractivity contribution in [1.29, 1.82) is 0 Å². The molecule has 1 aromatic rings. The lowest BCUT2D eigenvalue weighted by Crippen LogP contribution is -2.35. The first kappa shape index (κ1) is 11.1. The average molecular weight is 239 g/mol. The van der Waals surface area contributed by atoms with Crippen molar-refractivity contribution in [2.45, 2.75) is 0 Å². The van der Waals surface area contributed by atoms with Crippen LogP contribution in [0.25, 0.3) is 0 Å². The number of rotatable bonds is 3. The van der Waals surface area contributed by atoms with Gasteiger partial charge in [-0.2, -0.15) is 0 Å². The maximum absolute atomic E-state index is 11.9. The van der Waals surface area contributed by atoms with Crippen LogP contribution >= 0.6 is 11.6 Å².